The molecular formula is C26H31BrN2O5S. The SMILES string of the molecule is CCOC(=O)[C@H]1CC(S(=O)(=O)c2cccc(Br)c2)CC(=O)C1CC1CCN(c2ccncc2)CC1. The maximum Gasteiger partial charge on any atom is 0.309 e. The van der Waals surface area contributed by atoms with Crippen molar-refractivity contribution in [2.24, 2.45) is 17.8 Å². The van der Waals surface area contributed by atoms with Gasteiger partial charge >= 0.3 is 5.97 Å². The van der Waals surface area contributed by atoms with Crippen molar-refractivity contribution in [1.82, 2.24) is 4.98 Å². The first-order chi connectivity index (χ1) is 16.8. The Morgan fingerprint density at radius 3 is 2.54 bits per heavy atom. The van der Waals surface area contributed by atoms with Crippen molar-refractivity contribution in [2.75, 3.05) is 24.6 Å². The van der Waals surface area contributed by atoms with E-state index in [1.165, 1.54) is 6.07 Å². The lowest BCUT2D eigenvalue weighted by Crippen LogP contribution is -2.44. The first-order valence-corrected chi connectivity index (χ1v) is 14.5. The second-order valence-corrected chi connectivity index (χ2v) is 12.5. The second kappa shape index (κ2) is 11.2. The fraction of sp³-hybridized carbons (Fsp3) is 0.500. The van der Waals surface area contributed by atoms with Crippen LogP contribution in [0.25, 0.3) is 0 Å². The molecule has 4 rings (SSSR count). The highest BCUT2D eigenvalue weighted by atomic mass is 79.9. The highest BCUT2D eigenvalue weighted by molar-refractivity contribution is 9.10. The first kappa shape index (κ1) is 25.8. The van der Waals surface area contributed by atoms with Crippen molar-refractivity contribution >= 4 is 43.2 Å². The molecule has 1 aromatic carbocycles. The molecule has 2 heterocycles. The maximum atomic E-state index is 13.3. The third-order valence-electron chi connectivity index (χ3n) is 7.23. The largest absolute Gasteiger partial charge is 0.466 e. The van der Waals surface area contributed by atoms with E-state index < -0.39 is 32.9 Å². The van der Waals surface area contributed by atoms with Gasteiger partial charge in [-0.25, -0.2) is 8.42 Å². The minimum absolute atomic E-state index is 0.0642. The number of anilines is 1. The Hall–Kier alpha value is -2.26. The predicted molar refractivity (Wildman–Crippen MR) is 137 cm³/mol. The molecule has 1 aromatic heterocycles. The fourth-order valence-corrected chi connectivity index (χ4v) is 7.69. The van der Waals surface area contributed by atoms with Crippen LogP contribution in [0.15, 0.2) is 58.2 Å². The van der Waals surface area contributed by atoms with E-state index in [1.807, 2.05) is 12.1 Å². The van der Waals surface area contributed by atoms with E-state index in [-0.39, 0.29) is 30.1 Å². The van der Waals surface area contributed by atoms with E-state index in [2.05, 4.69) is 25.8 Å². The summed E-state index contributed by atoms with van der Waals surface area (Å²) in [7, 11) is -3.76. The molecule has 0 bridgehead atoms. The van der Waals surface area contributed by atoms with Gasteiger partial charge in [-0.3, -0.25) is 14.6 Å². The smallest absolute Gasteiger partial charge is 0.309 e. The number of hydrogen-bond acceptors (Lipinski definition) is 7. The molecule has 0 amide bonds. The van der Waals surface area contributed by atoms with Crippen molar-refractivity contribution in [1.29, 1.82) is 0 Å². The van der Waals surface area contributed by atoms with Crippen LogP contribution in [0.3, 0.4) is 0 Å². The van der Waals surface area contributed by atoms with Crippen LogP contribution in [-0.2, 0) is 24.2 Å². The number of sulfone groups is 1. The molecule has 1 saturated heterocycles. The van der Waals surface area contributed by atoms with Gasteiger partial charge in [-0.1, -0.05) is 22.0 Å². The number of Topliss-reactive ketones (excluding diaryl/α,β-unsaturated/α-hetero) is 1. The van der Waals surface area contributed by atoms with E-state index in [1.54, 1.807) is 37.5 Å². The number of esters is 1. The lowest BCUT2D eigenvalue weighted by molar-refractivity contribution is -0.154. The Labute approximate surface area is 215 Å². The lowest BCUT2D eigenvalue weighted by atomic mass is 9.72. The van der Waals surface area contributed by atoms with E-state index in [9.17, 15) is 18.0 Å². The lowest BCUT2D eigenvalue weighted by Gasteiger charge is -2.38. The zero-order valence-electron chi connectivity index (χ0n) is 19.8. The summed E-state index contributed by atoms with van der Waals surface area (Å²) < 4.78 is 32.6. The van der Waals surface area contributed by atoms with Gasteiger partial charge in [0.05, 0.1) is 22.7 Å². The Morgan fingerprint density at radius 2 is 1.89 bits per heavy atom. The van der Waals surface area contributed by atoms with Crippen LogP contribution in [-0.4, -0.2) is 50.1 Å². The van der Waals surface area contributed by atoms with Gasteiger partial charge in [0.1, 0.15) is 5.78 Å². The minimum atomic E-state index is -3.76. The summed E-state index contributed by atoms with van der Waals surface area (Å²) in [5, 5.41) is -0.927. The van der Waals surface area contributed by atoms with E-state index in [0.29, 0.717) is 16.8 Å². The number of piperidine rings is 1. The van der Waals surface area contributed by atoms with Crippen LogP contribution in [0.4, 0.5) is 5.69 Å². The number of nitrogens with zero attached hydrogens (tertiary/aromatic N) is 2. The van der Waals surface area contributed by atoms with Gasteiger partial charge in [-0.15, -0.1) is 0 Å². The molecule has 0 spiro atoms. The minimum Gasteiger partial charge on any atom is -0.466 e. The molecule has 2 aromatic rings. The van der Waals surface area contributed by atoms with Crippen LogP contribution in [0.2, 0.25) is 0 Å². The predicted octanol–water partition coefficient (Wildman–Crippen LogP) is 4.45. The molecule has 3 atom stereocenters. The first-order valence-electron chi connectivity index (χ1n) is 12.1. The number of ether oxygens (including phenoxy) is 1. The van der Waals surface area contributed by atoms with E-state index in [4.69, 9.17) is 4.74 Å². The third kappa shape index (κ3) is 5.94. The molecule has 7 nitrogen and oxygen atoms in total. The molecule has 1 aliphatic carbocycles. The second-order valence-electron chi connectivity index (χ2n) is 9.37. The number of carbonyl (C=O) groups is 2. The standard InChI is InChI=1S/C26H31BrN2O5S/c1-2-34-26(31)24-16-22(35(32,33)21-5-3-4-19(27)15-21)17-25(30)23(24)14-18-8-12-29(13-9-18)20-6-10-28-11-7-20/h3-7,10-11,15,18,22-24H,2,8-9,12-14,16-17H2,1H3/t22?,23?,24-/m0/s1. The normalized spacial score (nSPS) is 23.8. The zero-order valence-corrected chi connectivity index (χ0v) is 22.2. The molecule has 0 radical (unpaired) electrons. The molecule has 0 N–H and O–H groups in total. The molecule has 1 saturated carbocycles. The van der Waals surface area contributed by atoms with Crippen LogP contribution in [0, 0.1) is 17.8 Å². The van der Waals surface area contributed by atoms with Gasteiger partial charge in [0.15, 0.2) is 9.84 Å². The monoisotopic (exact) mass is 562 g/mol. The number of rotatable bonds is 7. The van der Waals surface area contributed by atoms with Crippen molar-refractivity contribution in [2.45, 2.75) is 49.2 Å². The maximum absolute atomic E-state index is 13.3. The van der Waals surface area contributed by atoms with Crippen molar-refractivity contribution in [3.05, 3.63) is 53.3 Å². The number of aromatic nitrogens is 1. The number of benzene rings is 1. The number of hydrogen-bond donors (Lipinski definition) is 0. The van der Waals surface area contributed by atoms with E-state index >= 15 is 0 Å². The molecule has 1 aliphatic heterocycles. The van der Waals surface area contributed by atoms with Crippen LogP contribution in [0.5, 0.6) is 0 Å². The Balaban J connectivity index is 1.48. The molecule has 188 valence electrons. The summed E-state index contributed by atoms with van der Waals surface area (Å²) in [4.78, 5) is 32.8. The summed E-state index contributed by atoms with van der Waals surface area (Å²) in [6, 6.07) is 10.5. The summed E-state index contributed by atoms with van der Waals surface area (Å²) in [6.45, 7) is 3.67. The van der Waals surface area contributed by atoms with Gasteiger partial charge < -0.3 is 9.64 Å². The molecular weight excluding hydrogens is 532 g/mol. The Kier molecular flexibility index (Phi) is 8.27. The molecule has 35 heavy (non-hydrogen) atoms. The zero-order chi connectivity index (χ0) is 25.0. The third-order valence-corrected chi connectivity index (χ3v) is 9.87. The van der Waals surface area contributed by atoms with Crippen LogP contribution >= 0.6 is 15.9 Å². The Bertz CT molecular complexity index is 1150. The number of ketones is 1. The fourth-order valence-electron chi connectivity index (χ4n) is 5.35. The average molecular weight is 564 g/mol. The van der Waals surface area contributed by atoms with Gasteiger partial charge in [0, 0.05) is 48.0 Å². The highest BCUT2D eigenvalue weighted by Gasteiger charge is 2.46. The topological polar surface area (TPSA) is 93.6 Å². The summed E-state index contributed by atoms with van der Waals surface area (Å²) in [6.07, 6.45) is 6.04. The van der Waals surface area contributed by atoms with Crippen molar-refractivity contribution < 1.29 is 22.7 Å². The van der Waals surface area contributed by atoms with Gasteiger partial charge in [-0.05, 0) is 68.9 Å². The molecule has 2 fully saturated rings. The summed E-state index contributed by atoms with van der Waals surface area (Å²) in [5.74, 6) is -1.54. The highest BCUT2D eigenvalue weighted by Crippen LogP contribution is 2.40. The van der Waals surface area contributed by atoms with Crippen molar-refractivity contribution in [3.8, 4) is 0 Å². The van der Waals surface area contributed by atoms with Gasteiger partial charge in [0.25, 0.3) is 0 Å². The molecule has 9 heteroatoms. The van der Waals surface area contributed by atoms with Gasteiger partial charge in [0.2, 0.25) is 0 Å². The average Bonchev–Trinajstić information content (AvgIpc) is 2.86. The van der Waals surface area contributed by atoms with Gasteiger partial charge in [-0.2, -0.15) is 0 Å². The van der Waals surface area contributed by atoms with Crippen LogP contribution in [0.1, 0.15) is 39.0 Å². The molecule has 2 aliphatic rings. The number of carbonyl (C=O) groups excluding carboxylic acids is 2. The summed E-state index contributed by atoms with van der Waals surface area (Å²) in [5.41, 5.74) is 1.14. The van der Waals surface area contributed by atoms with E-state index in [0.717, 1.165) is 31.6 Å². The number of halogens is 1. The quantitative estimate of drug-likeness (QED) is 0.460. The number of pyridine rings is 1. The Morgan fingerprint density at radius 1 is 1.17 bits per heavy atom. The summed E-state index contributed by atoms with van der Waals surface area (Å²) >= 11 is 3.32. The van der Waals surface area contributed by atoms with Crippen LogP contribution < -0.4 is 4.90 Å². The van der Waals surface area contributed by atoms with Crippen molar-refractivity contribution in [3.63, 3.8) is 0 Å². The molecule has 2 unspecified atom stereocenters.